The second-order valence-corrected chi connectivity index (χ2v) is 7.57. The molecule has 3 N–H and O–H groups in total. The van der Waals surface area contributed by atoms with Crippen molar-refractivity contribution < 1.29 is 5.11 Å². The molecule has 1 unspecified atom stereocenters. The Morgan fingerprint density at radius 3 is 2.26 bits per heavy atom. The summed E-state index contributed by atoms with van der Waals surface area (Å²) in [5, 5.41) is 10.9. The smallest absolute Gasteiger partial charge is 0.0868 e. The van der Waals surface area contributed by atoms with Gasteiger partial charge in [0.2, 0.25) is 0 Å². The van der Waals surface area contributed by atoms with Gasteiger partial charge in [-0.2, -0.15) is 0 Å². The molecule has 0 radical (unpaired) electrons. The molecule has 1 aromatic rings. The number of aliphatic hydroxyl groups excluding tert-OH is 1. The fraction of sp³-hybridized carbons (Fsp3) is 0.750. The van der Waals surface area contributed by atoms with Crippen molar-refractivity contribution in [3.05, 3.63) is 21.4 Å². The maximum atomic E-state index is 10.9. The number of aliphatic hydroxyl groups is 1. The van der Waals surface area contributed by atoms with E-state index in [4.69, 9.17) is 5.73 Å². The summed E-state index contributed by atoms with van der Waals surface area (Å²) in [6.45, 7) is 4.83. The van der Waals surface area contributed by atoms with Crippen LogP contribution in [0.3, 0.4) is 0 Å². The van der Waals surface area contributed by atoms with Gasteiger partial charge in [-0.15, -0.1) is 11.3 Å². The van der Waals surface area contributed by atoms with E-state index in [-0.39, 0.29) is 11.5 Å². The van der Waals surface area contributed by atoms with Crippen molar-refractivity contribution in [2.24, 2.45) is 11.1 Å². The molecule has 0 aliphatic heterocycles. The van der Waals surface area contributed by atoms with Crippen LogP contribution >= 0.6 is 11.3 Å². The van der Waals surface area contributed by atoms with Crippen molar-refractivity contribution >= 4 is 11.3 Å². The fourth-order valence-corrected chi connectivity index (χ4v) is 4.41. The zero-order valence-electron chi connectivity index (χ0n) is 12.2. The SMILES string of the molecule is Cc1cc(C(O)C2(CN)CCCCCCC2)c(C)s1. The van der Waals surface area contributed by atoms with Gasteiger partial charge in [0, 0.05) is 21.7 Å². The lowest BCUT2D eigenvalue weighted by Crippen LogP contribution is -2.37. The van der Waals surface area contributed by atoms with E-state index >= 15 is 0 Å². The van der Waals surface area contributed by atoms with Gasteiger partial charge in [-0.1, -0.05) is 32.1 Å². The minimum Gasteiger partial charge on any atom is -0.388 e. The van der Waals surface area contributed by atoms with Gasteiger partial charge in [-0.3, -0.25) is 0 Å². The third-order valence-corrected chi connectivity index (χ3v) is 5.69. The molecule has 1 aliphatic rings. The third-order valence-electron chi connectivity index (χ3n) is 4.71. The van der Waals surface area contributed by atoms with Crippen molar-refractivity contribution in [3.63, 3.8) is 0 Å². The summed E-state index contributed by atoms with van der Waals surface area (Å²) in [6.07, 6.45) is 8.07. The maximum absolute atomic E-state index is 10.9. The van der Waals surface area contributed by atoms with Crippen LogP contribution < -0.4 is 5.73 Å². The van der Waals surface area contributed by atoms with E-state index in [1.807, 2.05) is 0 Å². The lowest BCUT2D eigenvalue weighted by molar-refractivity contribution is 0.00838. The first-order valence-corrected chi connectivity index (χ1v) is 8.36. The molecule has 2 rings (SSSR count). The molecule has 0 amide bonds. The van der Waals surface area contributed by atoms with Crippen LogP contribution in [0.4, 0.5) is 0 Å². The summed E-state index contributed by atoms with van der Waals surface area (Å²) in [5.41, 5.74) is 7.12. The maximum Gasteiger partial charge on any atom is 0.0868 e. The summed E-state index contributed by atoms with van der Waals surface area (Å²) in [6, 6.07) is 2.15. The van der Waals surface area contributed by atoms with Gasteiger partial charge in [0.25, 0.3) is 0 Å². The summed E-state index contributed by atoms with van der Waals surface area (Å²) < 4.78 is 0. The molecule has 0 bridgehead atoms. The van der Waals surface area contributed by atoms with Gasteiger partial charge in [0.15, 0.2) is 0 Å². The molecule has 1 heterocycles. The molecule has 108 valence electrons. The van der Waals surface area contributed by atoms with E-state index < -0.39 is 0 Å². The minimum absolute atomic E-state index is 0.0985. The van der Waals surface area contributed by atoms with Crippen molar-refractivity contribution in [1.82, 2.24) is 0 Å². The molecular weight excluding hydrogens is 254 g/mol. The molecule has 1 fully saturated rings. The van der Waals surface area contributed by atoms with E-state index in [0.29, 0.717) is 6.54 Å². The summed E-state index contributed by atoms with van der Waals surface area (Å²) in [4.78, 5) is 2.53. The van der Waals surface area contributed by atoms with Crippen molar-refractivity contribution in [3.8, 4) is 0 Å². The van der Waals surface area contributed by atoms with E-state index in [1.54, 1.807) is 11.3 Å². The van der Waals surface area contributed by atoms with Gasteiger partial charge in [0.1, 0.15) is 0 Å². The second kappa shape index (κ2) is 6.38. The number of aryl methyl sites for hydroxylation is 2. The summed E-state index contributed by atoms with van der Waals surface area (Å²) >= 11 is 1.78. The van der Waals surface area contributed by atoms with Gasteiger partial charge in [0.05, 0.1) is 6.10 Å². The Hall–Kier alpha value is -0.380. The van der Waals surface area contributed by atoms with Crippen LogP contribution in [0.15, 0.2) is 6.07 Å². The highest BCUT2D eigenvalue weighted by atomic mass is 32.1. The highest BCUT2D eigenvalue weighted by molar-refractivity contribution is 7.12. The van der Waals surface area contributed by atoms with Gasteiger partial charge < -0.3 is 10.8 Å². The van der Waals surface area contributed by atoms with Crippen LogP contribution in [0.5, 0.6) is 0 Å². The van der Waals surface area contributed by atoms with Crippen LogP contribution in [-0.2, 0) is 0 Å². The molecular formula is C16H27NOS. The third kappa shape index (κ3) is 3.21. The molecule has 19 heavy (non-hydrogen) atoms. The first-order chi connectivity index (χ1) is 9.09. The molecule has 2 nitrogen and oxygen atoms in total. The summed E-state index contributed by atoms with van der Waals surface area (Å²) in [7, 11) is 0. The number of nitrogens with two attached hydrogens (primary N) is 1. The van der Waals surface area contributed by atoms with Gasteiger partial charge >= 0.3 is 0 Å². The molecule has 1 aromatic heterocycles. The Balaban J connectivity index is 2.25. The zero-order valence-corrected chi connectivity index (χ0v) is 13.1. The Labute approximate surface area is 121 Å². The van der Waals surface area contributed by atoms with Crippen LogP contribution in [0.1, 0.15) is 66.4 Å². The molecule has 0 aromatic carbocycles. The molecule has 0 spiro atoms. The number of thiophene rings is 1. The lowest BCUT2D eigenvalue weighted by atomic mass is 9.70. The van der Waals surface area contributed by atoms with Crippen molar-refractivity contribution in [1.29, 1.82) is 0 Å². The standard InChI is InChI=1S/C16H27NOS/c1-12-10-14(13(2)19-12)15(18)16(11-17)8-6-4-3-5-7-9-16/h10,15,18H,3-9,11,17H2,1-2H3. The molecule has 3 heteroatoms. The van der Waals surface area contributed by atoms with Crippen LogP contribution in [-0.4, -0.2) is 11.7 Å². The predicted molar refractivity (Wildman–Crippen MR) is 82.6 cm³/mol. The van der Waals surface area contributed by atoms with Crippen LogP contribution in [0.2, 0.25) is 0 Å². The van der Waals surface area contributed by atoms with Crippen LogP contribution in [0.25, 0.3) is 0 Å². The predicted octanol–water partition coefficient (Wildman–Crippen LogP) is 4.09. The average molecular weight is 281 g/mol. The van der Waals surface area contributed by atoms with Gasteiger partial charge in [-0.05, 0) is 38.3 Å². The Bertz CT molecular complexity index is 405. The quantitative estimate of drug-likeness (QED) is 0.876. The molecule has 1 aliphatic carbocycles. The number of hydrogen-bond donors (Lipinski definition) is 2. The van der Waals surface area contributed by atoms with E-state index in [1.165, 1.54) is 41.9 Å². The topological polar surface area (TPSA) is 46.2 Å². The van der Waals surface area contributed by atoms with Crippen molar-refractivity contribution in [2.45, 2.75) is 64.9 Å². The normalized spacial score (nSPS) is 21.7. The van der Waals surface area contributed by atoms with E-state index in [9.17, 15) is 5.11 Å². The Kier molecular flexibility index (Phi) is 5.04. The largest absolute Gasteiger partial charge is 0.388 e. The van der Waals surface area contributed by atoms with E-state index in [0.717, 1.165) is 18.4 Å². The second-order valence-electron chi connectivity index (χ2n) is 6.11. The summed E-state index contributed by atoms with van der Waals surface area (Å²) in [5.74, 6) is 0. The molecule has 1 saturated carbocycles. The average Bonchev–Trinajstić information content (AvgIpc) is 2.68. The van der Waals surface area contributed by atoms with Gasteiger partial charge in [-0.25, -0.2) is 0 Å². The van der Waals surface area contributed by atoms with Crippen LogP contribution in [0, 0.1) is 19.3 Å². The number of hydrogen-bond acceptors (Lipinski definition) is 3. The molecule has 0 saturated heterocycles. The highest BCUT2D eigenvalue weighted by Crippen LogP contribution is 2.45. The fourth-order valence-electron chi connectivity index (χ4n) is 3.45. The molecule has 1 atom stereocenters. The first-order valence-electron chi connectivity index (χ1n) is 7.54. The zero-order chi connectivity index (χ0) is 13.9. The first kappa shape index (κ1) is 15.0. The van der Waals surface area contributed by atoms with E-state index in [2.05, 4.69) is 19.9 Å². The van der Waals surface area contributed by atoms with Crippen molar-refractivity contribution in [2.75, 3.05) is 6.54 Å². The monoisotopic (exact) mass is 281 g/mol. The number of rotatable bonds is 3. The Morgan fingerprint density at radius 2 is 1.79 bits per heavy atom. The highest BCUT2D eigenvalue weighted by Gasteiger charge is 2.38. The Morgan fingerprint density at radius 1 is 1.21 bits per heavy atom. The minimum atomic E-state index is -0.388. The lowest BCUT2D eigenvalue weighted by Gasteiger charge is -2.39.